The molecule has 0 aliphatic rings. The highest BCUT2D eigenvalue weighted by Gasteiger charge is 2.16. The molecule has 3 nitrogen and oxygen atoms in total. The highest BCUT2D eigenvalue weighted by atomic mass is 32.1. The summed E-state index contributed by atoms with van der Waals surface area (Å²) in [6.07, 6.45) is 2.66. The predicted molar refractivity (Wildman–Crippen MR) is 105 cm³/mol. The Morgan fingerprint density at radius 3 is 2.73 bits per heavy atom. The van der Waals surface area contributed by atoms with Crippen LogP contribution in [0.15, 0.2) is 59.8 Å². The van der Waals surface area contributed by atoms with Gasteiger partial charge in [-0.05, 0) is 29.1 Å². The minimum Gasteiger partial charge on any atom is -0.334 e. The molecule has 0 N–H and O–H groups in total. The Kier molecular flexibility index (Phi) is 6.30. The first-order chi connectivity index (χ1) is 12.6. The Morgan fingerprint density at radius 1 is 1.23 bits per heavy atom. The Hall–Kier alpha value is -2.31. The molecule has 0 spiro atoms. The summed E-state index contributed by atoms with van der Waals surface area (Å²) < 4.78 is 13.0. The lowest BCUT2D eigenvalue weighted by Crippen LogP contribution is -2.31. The number of halogens is 1. The first-order valence-electron chi connectivity index (χ1n) is 8.23. The van der Waals surface area contributed by atoms with Crippen LogP contribution in [0.25, 0.3) is 0 Å². The predicted octanol–water partition coefficient (Wildman–Crippen LogP) is 4.69. The molecule has 1 aromatic carbocycles. The number of aromatic nitrogens is 1. The molecule has 0 aliphatic carbocycles. The number of hydrogen-bond donors (Lipinski definition) is 0. The van der Waals surface area contributed by atoms with Crippen molar-refractivity contribution in [3.63, 3.8) is 0 Å². The molecule has 6 heteroatoms. The number of carbonyl (C=O) groups excluding carboxylic acids is 1. The summed E-state index contributed by atoms with van der Waals surface area (Å²) in [5.41, 5.74) is 1.78. The maximum absolute atomic E-state index is 13.0. The first kappa shape index (κ1) is 18.5. The molecular formula is C20H19FN2OS2. The van der Waals surface area contributed by atoms with E-state index in [4.69, 9.17) is 0 Å². The van der Waals surface area contributed by atoms with Gasteiger partial charge in [0.05, 0.1) is 23.7 Å². The van der Waals surface area contributed by atoms with Crippen molar-refractivity contribution in [2.24, 2.45) is 0 Å². The third kappa shape index (κ3) is 5.09. The topological polar surface area (TPSA) is 33.2 Å². The summed E-state index contributed by atoms with van der Waals surface area (Å²) in [4.78, 5) is 20.1. The summed E-state index contributed by atoms with van der Waals surface area (Å²) in [7, 11) is 0. The maximum Gasteiger partial charge on any atom is 0.229 e. The third-order valence-electron chi connectivity index (χ3n) is 3.83. The van der Waals surface area contributed by atoms with E-state index in [2.05, 4.69) is 11.6 Å². The van der Waals surface area contributed by atoms with Crippen LogP contribution in [0.3, 0.4) is 0 Å². The van der Waals surface area contributed by atoms with Gasteiger partial charge in [0, 0.05) is 23.2 Å². The summed E-state index contributed by atoms with van der Waals surface area (Å²) in [6.45, 7) is 4.86. The molecule has 134 valence electrons. The summed E-state index contributed by atoms with van der Waals surface area (Å²) in [6, 6.07) is 10.4. The molecule has 3 aromatic rings. The van der Waals surface area contributed by atoms with Gasteiger partial charge in [0.15, 0.2) is 0 Å². The van der Waals surface area contributed by atoms with Crippen LogP contribution in [0.5, 0.6) is 0 Å². The van der Waals surface area contributed by atoms with Crippen molar-refractivity contribution < 1.29 is 9.18 Å². The molecular weight excluding hydrogens is 367 g/mol. The molecule has 0 saturated heterocycles. The number of hydrogen-bond acceptors (Lipinski definition) is 4. The smallest absolute Gasteiger partial charge is 0.229 e. The maximum atomic E-state index is 13.0. The molecule has 3 rings (SSSR count). The Morgan fingerprint density at radius 2 is 2.04 bits per heavy atom. The van der Waals surface area contributed by atoms with Crippen LogP contribution in [-0.4, -0.2) is 22.3 Å². The van der Waals surface area contributed by atoms with Crippen molar-refractivity contribution in [1.29, 1.82) is 0 Å². The molecule has 0 atom stereocenters. The van der Waals surface area contributed by atoms with Crippen molar-refractivity contribution in [2.45, 2.75) is 19.4 Å². The lowest BCUT2D eigenvalue weighted by molar-refractivity contribution is -0.130. The van der Waals surface area contributed by atoms with Crippen LogP contribution in [-0.2, 0) is 24.2 Å². The van der Waals surface area contributed by atoms with Gasteiger partial charge in [-0.25, -0.2) is 9.37 Å². The second-order valence-electron chi connectivity index (χ2n) is 5.85. The monoisotopic (exact) mass is 386 g/mol. The molecule has 26 heavy (non-hydrogen) atoms. The molecule has 0 aliphatic heterocycles. The van der Waals surface area contributed by atoms with E-state index in [1.54, 1.807) is 34.4 Å². The van der Waals surface area contributed by atoms with Crippen LogP contribution < -0.4 is 0 Å². The molecule has 2 aromatic heterocycles. The molecule has 0 saturated carbocycles. The van der Waals surface area contributed by atoms with E-state index >= 15 is 0 Å². The van der Waals surface area contributed by atoms with E-state index in [-0.39, 0.29) is 18.1 Å². The number of nitrogens with zero attached hydrogens (tertiary/aromatic N) is 2. The zero-order valence-corrected chi connectivity index (χ0v) is 15.9. The van der Waals surface area contributed by atoms with Crippen molar-refractivity contribution >= 4 is 28.6 Å². The molecule has 0 radical (unpaired) electrons. The van der Waals surface area contributed by atoms with Gasteiger partial charge in [-0.1, -0.05) is 24.3 Å². The van der Waals surface area contributed by atoms with Crippen LogP contribution in [0.2, 0.25) is 0 Å². The number of benzene rings is 1. The lowest BCUT2D eigenvalue weighted by Gasteiger charge is -2.20. The van der Waals surface area contributed by atoms with E-state index in [1.165, 1.54) is 23.5 Å². The van der Waals surface area contributed by atoms with E-state index in [9.17, 15) is 9.18 Å². The SMILES string of the molecule is C=CCN(Cc1cccs1)C(=O)Cc1csc(Cc2ccc(F)cc2)n1. The average Bonchev–Trinajstić information content (AvgIpc) is 3.29. The van der Waals surface area contributed by atoms with E-state index < -0.39 is 0 Å². The van der Waals surface area contributed by atoms with Crippen molar-refractivity contribution in [3.8, 4) is 0 Å². The second kappa shape index (κ2) is 8.87. The molecule has 2 heterocycles. The molecule has 1 amide bonds. The Labute approximate surface area is 160 Å². The molecule has 0 unspecified atom stereocenters. The zero-order valence-electron chi connectivity index (χ0n) is 14.2. The van der Waals surface area contributed by atoms with Crippen LogP contribution >= 0.6 is 22.7 Å². The lowest BCUT2D eigenvalue weighted by atomic mass is 10.1. The quantitative estimate of drug-likeness (QED) is 0.526. The van der Waals surface area contributed by atoms with E-state index in [0.717, 1.165) is 21.1 Å². The number of thiazole rings is 1. The Balaban J connectivity index is 1.62. The van der Waals surface area contributed by atoms with Crippen molar-refractivity contribution in [3.05, 3.63) is 86.8 Å². The number of carbonyl (C=O) groups is 1. The van der Waals surface area contributed by atoms with Gasteiger partial charge >= 0.3 is 0 Å². The number of thiophene rings is 1. The first-order valence-corrected chi connectivity index (χ1v) is 9.98. The van der Waals surface area contributed by atoms with Crippen LogP contribution in [0.1, 0.15) is 21.1 Å². The zero-order chi connectivity index (χ0) is 18.4. The third-order valence-corrected chi connectivity index (χ3v) is 5.59. The standard InChI is InChI=1S/C20H19FN2OS2/c1-2-9-23(13-18-4-3-10-25-18)20(24)12-17-14-26-19(22-17)11-15-5-7-16(21)8-6-15/h2-8,10,14H,1,9,11-13H2. The second-order valence-corrected chi connectivity index (χ2v) is 7.83. The van der Waals surface area contributed by atoms with Gasteiger partial charge < -0.3 is 4.90 Å². The minimum absolute atomic E-state index is 0.0388. The normalized spacial score (nSPS) is 10.7. The number of amides is 1. The fraction of sp³-hybridized carbons (Fsp3) is 0.200. The largest absolute Gasteiger partial charge is 0.334 e. The van der Waals surface area contributed by atoms with Crippen molar-refractivity contribution in [2.75, 3.05) is 6.54 Å². The summed E-state index contributed by atoms with van der Waals surface area (Å²) in [5.74, 6) is -0.204. The van der Waals surface area contributed by atoms with Gasteiger partial charge in [-0.2, -0.15) is 0 Å². The minimum atomic E-state index is -0.243. The molecule has 0 bridgehead atoms. The van der Waals surface area contributed by atoms with Gasteiger partial charge in [0.25, 0.3) is 0 Å². The van der Waals surface area contributed by atoms with Crippen LogP contribution in [0.4, 0.5) is 4.39 Å². The highest BCUT2D eigenvalue weighted by molar-refractivity contribution is 7.10. The average molecular weight is 387 g/mol. The fourth-order valence-electron chi connectivity index (χ4n) is 2.56. The van der Waals surface area contributed by atoms with Gasteiger partial charge in [0.1, 0.15) is 5.82 Å². The summed E-state index contributed by atoms with van der Waals surface area (Å²) >= 11 is 3.17. The van der Waals surface area contributed by atoms with Gasteiger partial charge in [-0.3, -0.25) is 4.79 Å². The van der Waals surface area contributed by atoms with E-state index in [0.29, 0.717) is 19.5 Å². The Bertz CT molecular complexity index is 856. The van der Waals surface area contributed by atoms with Crippen LogP contribution in [0, 0.1) is 5.82 Å². The highest BCUT2D eigenvalue weighted by Crippen LogP contribution is 2.17. The van der Waals surface area contributed by atoms with Gasteiger partial charge in [0.2, 0.25) is 5.91 Å². The number of rotatable bonds is 8. The van der Waals surface area contributed by atoms with Gasteiger partial charge in [-0.15, -0.1) is 29.3 Å². The van der Waals surface area contributed by atoms with E-state index in [1.807, 2.05) is 22.9 Å². The molecule has 0 fully saturated rings. The fourth-order valence-corrected chi connectivity index (χ4v) is 4.10. The summed E-state index contributed by atoms with van der Waals surface area (Å²) in [5, 5.41) is 4.86. The van der Waals surface area contributed by atoms with Crippen molar-refractivity contribution in [1.82, 2.24) is 9.88 Å².